The number of aliphatic carboxylic acids is 1. The summed E-state index contributed by atoms with van der Waals surface area (Å²) in [6.07, 6.45) is 2.75. The Kier molecular flexibility index (Phi) is 4.79. The van der Waals surface area contributed by atoms with Crippen LogP contribution in [0.25, 0.3) is 0 Å². The molecule has 1 aromatic rings. The van der Waals surface area contributed by atoms with Gasteiger partial charge in [-0.05, 0) is 41.7 Å². The molecule has 0 spiro atoms. The Morgan fingerprint density at radius 1 is 1.47 bits per heavy atom. The summed E-state index contributed by atoms with van der Waals surface area (Å²) in [5.74, 6) is -0.845. The van der Waals surface area contributed by atoms with E-state index in [0.717, 1.165) is 24.8 Å². The molecule has 1 aliphatic rings. The van der Waals surface area contributed by atoms with Crippen LogP contribution in [0.4, 0.5) is 4.79 Å². The first-order valence-electron chi connectivity index (χ1n) is 6.44. The molecule has 2 amide bonds. The van der Waals surface area contributed by atoms with Crippen LogP contribution < -0.4 is 5.32 Å². The molecule has 1 aliphatic heterocycles. The fourth-order valence-electron chi connectivity index (χ4n) is 2.35. The van der Waals surface area contributed by atoms with Crippen LogP contribution >= 0.6 is 11.3 Å². The number of nitrogens with zero attached hydrogens (tertiary/aromatic N) is 1. The van der Waals surface area contributed by atoms with Crippen molar-refractivity contribution in [1.82, 2.24) is 10.2 Å². The van der Waals surface area contributed by atoms with Crippen LogP contribution in [0.3, 0.4) is 0 Å². The molecule has 1 fully saturated rings. The summed E-state index contributed by atoms with van der Waals surface area (Å²) < 4.78 is 0. The highest BCUT2D eigenvalue weighted by atomic mass is 32.1. The van der Waals surface area contributed by atoms with Gasteiger partial charge in [0.25, 0.3) is 0 Å². The molecule has 2 heterocycles. The quantitative estimate of drug-likeness (QED) is 0.890. The van der Waals surface area contributed by atoms with Gasteiger partial charge in [0.2, 0.25) is 0 Å². The predicted molar refractivity (Wildman–Crippen MR) is 73.2 cm³/mol. The van der Waals surface area contributed by atoms with E-state index in [9.17, 15) is 9.59 Å². The summed E-state index contributed by atoms with van der Waals surface area (Å²) in [5, 5.41) is 15.7. The molecule has 6 heteroatoms. The molecule has 0 bridgehead atoms. The molecule has 0 radical (unpaired) electrons. The van der Waals surface area contributed by atoms with E-state index in [0.29, 0.717) is 13.1 Å². The lowest BCUT2D eigenvalue weighted by atomic mass is 10.00. The number of carboxylic acids is 1. The molecule has 0 aliphatic carbocycles. The highest BCUT2D eigenvalue weighted by Crippen LogP contribution is 2.19. The van der Waals surface area contributed by atoms with Crippen LogP contribution in [0, 0.1) is 0 Å². The second kappa shape index (κ2) is 6.56. The van der Waals surface area contributed by atoms with Gasteiger partial charge in [0.15, 0.2) is 0 Å². The maximum atomic E-state index is 12.1. The van der Waals surface area contributed by atoms with Crippen LogP contribution in [0.15, 0.2) is 16.8 Å². The fraction of sp³-hybridized carbons (Fsp3) is 0.538. The number of carbonyl (C=O) groups is 2. The highest BCUT2D eigenvalue weighted by Gasteiger charge is 2.28. The Labute approximate surface area is 116 Å². The summed E-state index contributed by atoms with van der Waals surface area (Å²) >= 11 is 1.59. The smallest absolute Gasteiger partial charge is 0.317 e. The Morgan fingerprint density at radius 2 is 2.32 bits per heavy atom. The number of nitrogens with one attached hydrogen (secondary N) is 1. The molecule has 0 saturated carbocycles. The molecule has 0 aromatic carbocycles. The molecule has 1 saturated heterocycles. The second-order valence-corrected chi connectivity index (χ2v) is 5.51. The SMILES string of the molecule is O=C(O)CC1CCCCN1C(=O)NCc1ccsc1. The zero-order chi connectivity index (χ0) is 13.7. The Bertz CT molecular complexity index is 433. The number of urea groups is 1. The Balaban J connectivity index is 1.89. The van der Waals surface area contributed by atoms with Crippen molar-refractivity contribution in [3.05, 3.63) is 22.4 Å². The van der Waals surface area contributed by atoms with Crippen molar-refractivity contribution in [3.63, 3.8) is 0 Å². The Hall–Kier alpha value is -1.56. The minimum absolute atomic E-state index is 0.0336. The topological polar surface area (TPSA) is 69.6 Å². The summed E-state index contributed by atoms with van der Waals surface area (Å²) in [6.45, 7) is 1.14. The third kappa shape index (κ3) is 3.96. The predicted octanol–water partition coefficient (Wildman–Crippen LogP) is 2.29. The average molecular weight is 282 g/mol. The van der Waals surface area contributed by atoms with Crippen molar-refractivity contribution in [1.29, 1.82) is 0 Å². The van der Waals surface area contributed by atoms with Gasteiger partial charge in [-0.2, -0.15) is 11.3 Å². The molecule has 2 N–H and O–H groups in total. The van der Waals surface area contributed by atoms with E-state index in [2.05, 4.69) is 5.32 Å². The highest BCUT2D eigenvalue weighted by molar-refractivity contribution is 7.07. The van der Waals surface area contributed by atoms with Gasteiger partial charge in [0.1, 0.15) is 0 Å². The lowest BCUT2D eigenvalue weighted by Crippen LogP contribution is -2.49. The molecule has 1 aromatic heterocycles. The van der Waals surface area contributed by atoms with Crippen molar-refractivity contribution in [3.8, 4) is 0 Å². The number of amides is 2. The van der Waals surface area contributed by atoms with Crippen LogP contribution in [-0.4, -0.2) is 34.6 Å². The van der Waals surface area contributed by atoms with Gasteiger partial charge in [-0.3, -0.25) is 4.79 Å². The number of thiophene rings is 1. The molecular formula is C13H18N2O3S. The van der Waals surface area contributed by atoms with Gasteiger partial charge >= 0.3 is 12.0 Å². The second-order valence-electron chi connectivity index (χ2n) is 4.73. The maximum Gasteiger partial charge on any atom is 0.317 e. The van der Waals surface area contributed by atoms with Crippen LogP contribution in [-0.2, 0) is 11.3 Å². The van der Waals surface area contributed by atoms with Crippen LogP contribution in [0.1, 0.15) is 31.2 Å². The monoisotopic (exact) mass is 282 g/mol. The number of hydrogen-bond donors (Lipinski definition) is 2. The normalized spacial score (nSPS) is 19.2. The fourth-order valence-corrected chi connectivity index (χ4v) is 3.02. The average Bonchev–Trinajstić information content (AvgIpc) is 2.89. The zero-order valence-electron chi connectivity index (χ0n) is 10.7. The lowest BCUT2D eigenvalue weighted by molar-refractivity contribution is -0.138. The number of likely N-dealkylation sites (tertiary alicyclic amines) is 1. The molecule has 1 atom stereocenters. The summed E-state index contributed by atoms with van der Waals surface area (Å²) in [6, 6.07) is 1.64. The van der Waals surface area contributed by atoms with Crippen molar-refractivity contribution in [2.45, 2.75) is 38.3 Å². The van der Waals surface area contributed by atoms with E-state index < -0.39 is 5.97 Å². The van der Waals surface area contributed by atoms with Crippen molar-refractivity contribution in [2.75, 3.05) is 6.54 Å². The van der Waals surface area contributed by atoms with Crippen LogP contribution in [0.2, 0.25) is 0 Å². The first-order valence-corrected chi connectivity index (χ1v) is 7.38. The minimum Gasteiger partial charge on any atom is -0.481 e. The number of rotatable bonds is 4. The first kappa shape index (κ1) is 13.9. The Morgan fingerprint density at radius 3 is 3.00 bits per heavy atom. The van der Waals surface area contributed by atoms with Gasteiger partial charge in [-0.25, -0.2) is 4.79 Å². The van der Waals surface area contributed by atoms with Crippen molar-refractivity contribution < 1.29 is 14.7 Å². The van der Waals surface area contributed by atoms with E-state index >= 15 is 0 Å². The van der Waals surface area contributed by atoms with Gasteiger partial charge in [-0.15, -0.1) is 0 Å². The molecule has 1 unspecified atom stereocenters. The number of carboxylic acid groups (broad SMARTS) is 1. The standard InChI is InChI=1S/C13H18N2O3S/c16-12(17)7-11-3-1-2-5-15(11)13(18)14-8-10-4-6-19-9-10/h4,6,9,11H,1-3,5,7-8H2,(H,14,18)(H,16,17). The first-order chi connectivity index (χ1) is 9.16. The largest absolute Gasteiger partial charge is 0.481 e. The summed E-state index contributed by atoms with van der Waals surface area (Å²) in [4.78, 5) is 24.6. The molecule has 104 valence electrons. The molecular weight excluding hydrogens is 264 g/mol. The van der Waals surface area contributed by atoms with Gasteiger partial charge in [0.05, 0.1) is 6.42 Å². The molecule has 2 rings (SSSR count). The minimum atomic E-state index is -0.845. The number of hydrogen-bond acceptors (Lipinski definition) is 3. The van der Waals surface area contributed by atoms with Gasteiger partial charge in [-0.1, -0.05) is 0 Å². The van der Waals surface area contributed by atoms with Gasteiger partial charge in [0, 0.05) is 19.1 Å². The van der Waals surface area contributed by atoms with Crippen molar-refractivity contribution in [2.24, 2.45) is 0 Å². The van der Waals surface area contributed by atoms with E-state index in [1.165, 1.54) is 0 Å². The third-order valence-electron chi connectivity index (χ3n) is 3.32. The third-order valence-corrected chi connectivity index (χ3v) is 4.05. The van der Waals surface area contributed by atoms with Crippen LogP contribution in [0.5, 0.6) is 0 Å². The lowest BCUT2D eigenvalue weighted by Gasteiger charge is -2.34. The van der Waals surface area contributed by atoms with E-state index in [4.69, 9.17) is 5.11 Å². The number of carbonyl (C=O) groups excluding carboxylic acids is 1. The summed E-state index contributed by atoms with van der Waals surface area (Å²) in [5.41, 5.74) is 1.07. The van der Waals surface area contributed by atoms with Gasteiger partial charge < -0.3 is 15.3 Å². The molecule has 5 nitrogen and oxygen atoms in total. The van der Waals surface area contributed by atoms with E-state index in [1.807, 2.05) is 16.8 Å². The zero-order valence-corrected chi connectivity index (χ0v) is 11.5. The maximum absolute atomic E-state index is 12.1. The molecule has 19 heavy (non-hydrogen) atoms. The number of piperidine rings is 1. The van der Waals surface area contributed by atoms with E-state index in [-0.39, 0.29) is 18.5 Å². The van der Waals surface area contributed by atoms with E-state index in [1.54, 1.807) is 16.2 Å². The van der Waals surface area contributed by atoms with Crippen molar-refractivity contribution >= 4 is 23.3 Å². The summed E-state index contributed by atoms with van der Waals surface area (Å²) in [7, 11) is 0.